The number of likely N-dealkylation sites (N-methyl/N-ethyl adjacent to an activating group) is 1. The highest BCUT2D eigenvalue weighted by Gasteiger charge is 2.18. The molecular formula is C15H19Cl2NO. The van der Waals surface area contributed by atoms with Crippen molar-refractivity contribution < 1.29 is 4.74 Å². The van der Waals surface area contributed by atoms with Crippen molar-refractivity contribution in [2.45, 2.75) is 32.2 Å². The largest absolute Gasteiger partial charge is 0.497 e. The van der Waals surface area contributed by atoms with Crippen LogP contribution in [0.5, 0.6) is 0 Å². The van der Waals surface area contributed by atoms with Gasteiger partial charge in [0, 0.05) is 10.0 Å². The molecule has 1 aliphatic rings. The molecule has 4 heteroatoms. The monoisotopic (exact) mass is 299 g/mol. The molecule has 0 fully saturated rings. The van der Waals surface area contributed by atoms with E-state index in [1.54, 1.807) is 6.07 Å². The topological polar surface area (TPSA) is 21.3 Å². The Morgan fingerprint density at radius 2 is 2.21 bits per heavy atom. The molecule has 0 aliphatic carbocycles. The molecule has 0 spiro atoms. The van der Waals surface area contributed by atoms with Crippen LogP contribution in [0.3, 0.4) is 0 Å². The Kier molecular flexibility index (Phi) is 5.56. The van der Waals surface area contributed by atoms with E-state index in [1.807, 2.05) is 12.1 Å². The SMILES string of the molecule is CCNC(Cc1ccc(Cl)cc1Cl)C1=CCCCO1. The Balaban J connectivity index is 2.13. The lowest BCUT2D eigenvalue weighted by Crippen LogP contribution is -2.34. The van der Waals surface area contributed by atoms with E-state index < -0.39 is 0 Å². The van der Waals surface area contributed by atoms with E-state index in [0.29, 0.717) is 10.0 Å². The summed E-state index contributed by atoms with van der Waals surface area (Å²) in [6.07, 6.45) is 5.19. The minimum Gasteiger partial charge on any atom is -0.497 e. The molecule has 1 atom stereocenters. The van der Waals surface area contributed by atoms with Gasteiger partial charge in [-0.1, -0.05) is 36.2 Å². The maximum atomic E-state index is 6.24. The van der Waals surface area contributed by atoms with Gasteiger partial charge in [-0.2, -0.15) is 0 Å². The minimum absolute atomic E-state index is 0.184. The fraction of sp³-hybridized carbons (Fsp3) is 0.467. The van der Waals surface area contributed by atoms with Crippen LogP contribution in [0, 0.1) is 0 Å². The quantitative estimate of drug-likeness (QED) is 0.879. The molecule has 0 radical (unpaired) electrons. The molecule has 1 aromatic carbocycles. The lowest BCUT2D eigenvalue weighted by Gasteiger charge is -2.25. The number of benzene rings is 1. The minimum atomic E-state index is 0.184. The second-order valence-corrected chi connectivity index (χ2v) is 5.49. The van der Waals surface area contributed by atoms with Crippen LogP contribution in [-0.4, -0.2) is 19.2 Å². The predicted molar refractivity (Wildman–Crippen MR) is 80.9 cm³/mol. The van der Waals surface area contributed by atoms with E-state index in [4.69, 9.17) is 27.9 Å². The van der Waals surface area contributed by atoms with Crippen LogP contribution >= 0.6 is 23.2 Å². The summed E-state index contributed by atoms with van der Waals surface area (Å²) in [5, 5.41) is 4.84. The molecule has 0 saturated carbocycles. The Bertz CT molecular complexity index is 459. The van der Waals surface area contributed by atoms with E-state index in [-0.39, 0.29) is 6.04 Å². The fourth-order valence-electron chi connectivity index (χ4n) is 2.25. The maximum absolute atomic E-state index is 6.24. The average molecular weight is 300 g/mol. The van der Waals surface area contributed by atoms with E-state index in [1.165, 1.54) is 0 Å². The highest BCUT2D eigenvalue weighted by atomic mass is 35.5. The molecule has 2 rings (SSSR count). The van der Waals surface area contributed by atoms with Gasteiger partial charge in [0.1, 0.15) is 5.76 Å². The lowest BCUT2D eigenvalue weighted by atomic mass is 10.0. The number of rotatable bonds is 5. The third-order valence-electron chi connectivity index (χ3n) is 3.20. The van der Waals surface area contributed by atoms with Crippen LogP contribution < -0.4 is 5.32 Å². The molecule has 1 aliphatic heterocycles. The van der Waals surface area contributed by atoms with Crippen LogP contribution in [0.2, 0.25) is 10.0 Å². The van der Waals surface area contributed by atoms with E-state index in [0.717, 1.165) is 43.7 Å². The smallest absolute Gasteiger partial charge is 0.109 e. The number of nitrogens with one attached hydrogen (secondary N) is 1. The fourth-order valence-corrected chi connectivity index (χ4v) is 2.73. The Morgan fingerprint density at radius 1 is 1.37 bits per heavy atom. The Hall–Kier alpha value is -0.700. The number of ether oxygens (including phenoxy) is 1. The molecule has 19 heavy (non-hydrogen) atoms. The van der Waals surface area contributed by atoms with Crippen molar-refractivity contribution >= 4 is 23.2 Å². The first-order valence-electron chi connectivity index (χ1n) is 6.71. The third kappa shape index (κ3) is 4.13. The summed E-state index contributed by atoms with van der Waals surface area (Å²) < 4.78 is 5.76. The molecule has 1 unspecified atom stereocenters. The molecular weight excluding hydrogens is 281 g/mol. The van der Waals surface area contributed by atoms with Gasteiger partial charge in [0.25, 0.3) is 0 Å². The van der Waals surface area contributed by atoms with Gasteiger partial charge in [0.2, 0.25) is 0 Å². The first kappa shape index (κ1) is 14.7. The van der Waals surface area contributed by atoms with Gasteiger partial charge in [-0.05, 0) is 49.6 Å². The summed E-state index contributed by atoms with van der Waals surface area (Å²) in [5.41, 5.74) is 1.09. The van der Waals surface area contributed by atoms with Crippen LogP contribution in [0.15, 0.2) is 30.0 Å². The predicted octanol–water partition coefficient (Wildman–Crippen LogP) is 4.21. The van der Waals surface area contributed by atoms with Gasteiger partial charge in [-0.3, -0.25) is 0 Å². The van der Waals surface area contributed by atoms with Crippen LogP contribution in [0.25, 0.3) is 0 Å². The molecule has 0 bridgehead atoms. The van der Waals surface area contributed by atoms with Crippen molar-refractivity contribution in [3.8, 4) is 0 Å². The summed E-state index contributed by atoms with van der Waals surface area (Å²) >= 11 is 12.2. The standard InChI is InChI=1S/C15H19Cl2NO/c1-2-18-14(15-5-3-4-8-19-15)9-11-6-7-12(16)10-13(11)17/h5-7,10,14,18H,2-4,8-9H2,1H3. The molecule has 0 saturated heterocycles. The van der Waals surface area contributed by atoms with Gasteiger partial charge in [-0.15, -0.1) is 0 Å². The van der Waals surface area contributed by atoms with E-state index in [9.17, 15) is 0 Å². The first-order chi connectivity index (χ1) is 9.20. The first-order valence-corrected chi connectivity index (χ1v) is 7.46. The number of halogens is 2. The molecule has 1 heterocycles. The zero-order valence-corrected chi connectivity index (χ0v) is 12.6. The average Bonchev–Trinajstić information content (AvgIpc) is 2.42. The van der Waals surface area contributed by atoms with Crippen LogP contribution in [0.1, 0.15) is 25.3 Å². The van der Waals surface area contributed by atoms with Crippen LogP contribution in [-0.2, 0) is 11.2 Å². The highest BCUT2D eigenvalue weighted by molar-refractivity contribution is 6.35. The maximum Gasteiger partial charge on any atom is 0.109 e. The lowest BCUT2D eigenvalue weighted by molar-refractivity contribution is 0.167. The van der Waals surface area contributed by atoms with Crippen molar-refractivity contribution in [3.05, 3.63) is 45.6 Å². The number of hydrogen-bond acceptors (Lipinski definition) is 2. The summed E-state index contributed by atoms with van der Waals surface area (Å²) in [7, 11) is 0. The number of allylic oxidation sites excluding steroid dienone is 1. The van der Waals surface area contributed by atoms with E-state index in [2.05, 4.69) is 18.3 Å². The zero-order valence-electron chi connectivity index (χ0n) is 11.1. The van der Waals surface area contributed by atoms with Gasteiger partial charge in [0.15, 0.2) is 0 Å². The number of hydrogen-bond donors (Lipinski definition) is 1. The van der Waals surface area contributed by atoms with Gasteiger partial charge < -0.3 is 10.1 Å². The second-order valence-electron chi connectivity index (χ2n) is 4.65. The molecule has 2 nitrogen and oxygen atoms in total. The van der Waals surface area contributed by atoms with Crippen molar-refractivity contribution in [1.29, 1.82) is 0 Å². The second kappa shape index (κ2) is 7.18. The molecule has 0 aromatic heterocycles. The van der Waals surface area contributed by atoms with Gasteiger partial charge in [0.05, 0.1) is 12.6 Å². The van der Waals surface area contributed by atoms with Crippen LogP contribution in [0.4, 0.5) is 0 Å². The molecule has 1 N–H and O–H groups in total. The van der Waals surface area contributed by atoms with Gasteiger partial charge >= 0.3 is 0 Å². The Labute approximate surface area is 124 Å². The summed E-state index contributed by atoms with van der Waals surface area (Å²) in [5.74, 6) is 1.04. The summed E-state index contributed by atoms with van der Waals surface area (Å²) in [6, 6.07) is 5.83. The zero-order chi connectivity index (χ0) is 13.7. The van der Waals surface area contributed by atoms with Crippen molar-refractivity contribution in [2.24, 2.45) is 0 Å². The van der Waals surface area contributed by atoms with Crippen molar-refractivity contribution in [2.75, 3.05) is 13.2 Å². The summed E-state index contributed by atoms with van der Waals surface area (Å²) in [6.45, 7) is 3.80. The van der Waals surface area contributed by atoms with Crippen molar-refractivity contribution in [1.82, 2.24) is 5.32 Å². The van der Waals surface area contributed by atoms with E-state index >= 15 is 0 Å². The molecule has 0 amide bonds. The third-order valence-corrected chi connectivity index (χ3v) is 3.78. The Morgan fingerprint density at radius 3 is 2.84 bits per heavy atom. The molecule has 1 aromatic rings. The highest BCUT2D eigenvalue weighted by Crippen LogP contribution is 2.24. The van der Waals surface area contributed by atoms with Crippen molar-refractivity contribution in [3.63, 3.8) is 0 Å². The molecule has 104 valence electrons. The van der Waals surface area contributed by atoms with Gasteiger partial charge in [-0.25, -0.2) is 0 Å². The normalized spacial score (nSPS) is 16.7. The summed E-state index contributed by atoms with van der Waals surface area (Å²) in [4.78, 5) is 0.